The number of aldehydes is 1. The summed E-state index contributed by atoms with van der Waals surface area (Å²) in [5.41, 5.74) is 0. The number of nitrogens with zero attached hydrogens (tertiary/aromatic N) is 1. The topological polar surface area (TPSA) is 29.4 Å². The summed E-state index contributed by atoms with van der Waals surface area (Å²) in [7, 11) is 0. The first-order valence-corrected chi connectivity index (χ1v) is 3.34. The van der Waals surface area contributed by atoms with Gasteiger partial charge < -0.3 is 0 Å². The third kappa shape index (κ3) is 0.797. The number of hydrogen-bond donors (Lipinski definition) is 0. The van der Waals surface area contributed by atoms with E-state index >= 15 is 0 Å². The van der Waals surface area contributed by atoms with Crippen molar-refractivity contribution in [3.05, 3.63) is 0 Å². The predicted octanol–water partition coefficient (Wildman–Crippen LogP) is -1.02. The van der Waals surface area contributed by atoms with Crippen molar-refractivity contribution in [2.24, 2.45) is 4.99 Å². The molecule has 0 aromatic rings. The molecule has 1 atom stereocenters. The van der Waals surface area contributed by atoms with Crippen molar-refractivity contribution in [3.8, 4) is 0 Å². The Balaban J connectivity index is 2.65. The van der Waals surface area contributed by atoms with Crippen LogP contribution in [0.25, 0.3) is 0 Å². The van der Waals surface area contributed by atoms with Crippen molar-refractivity contribution in [3.63, 3.8) is 0 Å². The van der Waals surface area contributed by atoms with E-state index in [0.717, 1.165) is 9.80 Å². The van der Waals surface area contributed by atoms with Crippen molar-refractivity contribution in [1.29, 1.82) is 0 Å². The fraction of sp³-hybridized carbons (Fsp3) is 0.250. The van der Waals surface area contributed by atoms with Gasteiger partial charge in [0.05, 0.1) is 0 Å². The van der Waals surface area contributed by atoms with Gasteiger partial charge in [0.15, 0.2) is 0 Å². The standard InChI is InChI=1S/C4H3NO.Sn/c6-3-4-1-2-5-4;/h2-4H;. The molecule has 0 bridgehead atoms. The number of carbonyl (C=O) groups is 1. The first-order chi connectivity index (χ1) is 3.34. The van der Waals surface area contributed by atoms with Gasteiger partial charge in [-0.3, -0.25) is 0 Å². The van der Waals surface area contributed by atoms with Crippen molar-refractivity contribution in [2.45, 2.75) is 6.04 Å². The molecule has 0 aromatic carbocycles. The molecule has 1 aliphatic rings. The number of rotatable bonds is 1. The first kappa shape index (κ1) is 5.15. The average molecular weight is 200 g/mol. The normalized spacial score (nSPS) is 26.9. The zero-order valence-electron chi connectivity index (χ0n) is 3.59. The van der Waals surface area contributed by atoms with Crippen molar-refractivity contribution >= 4 is 38.1 Å². The molecule has 0 fully saturated rings. The van der Waals surface area contributed by atoms with Crippen molar-refractivity contribution in [1.82, 2.24) is 0 Å². The Hall–Kier alpha value is 0.00870. The summed E-state index contributed by atoms with van der Waals surface area (Å²) in [6.45, 7) is 0. The van der Waals surface area contributed by atoms with Crippen LogP contribution in [0.15, 0.2) is 4.99 Å². The SMILES string of the molecule is O=CC1N=C[C]1=[Sn]. The Morgan fingerprint density at radius 3 is 2.71 bits per heavy atom. The van der Waals surface area contributed by atoms with Crippen LogP contribution in [0.4, 0.5) is 0 Å². The third-order valence-corrected chi connectivity index (χ3v) is 2.03. The molecule has 1 unspecified atom stereocenters. The van der Waals surface area contributed by atoms with Gasteiger partial charge >= 0.3 is 53.9 Å². The molecule has 1 rings (SSSR count). The number of aliphatic imine (C=N–C) groups is 1. The summed E-state index contributed by atoms with van der Waals surface area (Å²) < 4.78 is 1.15. The van der Waals surface area contributed by atoms with Crippen LogP contribution in [-0.4, -0.2) is 44.1 Å². The number of hydrogen-bond acceptors (Lipinski definition) is 2. The summed E-state index contributed by atoms with van der Waals surface area (Å²) in [6, 6.07) is -0.0711. The quantitative estimate of drug-likeness (QED) is 0.393. The Bertz CT molecular complexity index is 141. The van der Waals surface area contributed by atoms with E-state index in [4.69, 9.17) is 0 Å². The summed E-state index contributed by atoms with van der Waals surface area (Å²) in [6.07, 6.45) is 2.61. The van der Waals surface area contributed by atoms with Crippen LogP contribution in [0.3, 0.4) is 0 Å². The second kappa shape index (κ2) is 1.86. The van der Waals surface area contributed by atoms with Gasteiger partial charge in [0.25, 0.3) is 0 Å². The van der Waals surface area contributed by atoms with Crippen LogP contribution in [-0.2, 0) is 4.79 Å². The van der Waals surface area contributed by atoms with Crippen LogP contribution in [0.5, 0.6) is 0 Å². The molecule has 0 spiro atoms. The van der Waals surface area contributed by atoms with Gasteiger partial charge in [-0.25, -0.2) is 0 Å². The summed E-state index contributed by atoms with van der Waals surface area (Å²) in [5.74, 6) is 0. The molecule has 34 valence electrons. The molecule has 0 aromatic heterocycles. The zero-order valence-corrected chi connectivity index (χ0v) is 6.44. The van der Waals surface area contributed by atoms with Gasteiger partial charge in [-0.05, 0) is 0 Å². The van der Waals surface area contributed by atoms with E-state index in [1.807, 2.05) is 0 Å². The molecule has 0 aliphatic carbocycles. The second-order valence-electron chi connectivity index (χ2n) is 1.31. The molecule has 1 aliphatic heterocycles. The molecule has 1 heterocycles. The van der Waals surface area contributed by atoms with Crippen molar-refractivity contribution < 1.29 is 4.79 Å². The molecule has 0 saturated carbocycles. The molecule has 0 saturated heterocycles. The molecule has 0 amide bonds. The fourth-order valence-corrected chi connectivity index (χ4v) is 0.963. The van der Waals surface area contributed by atoms with Gasteiger partial charge in [-0.1, -0.05) is 0 Å². The minimum atomic E-state index is -0.0711. The van der Waals surface area contributed by atoms with E-state index in [9.17, 15) is 4.79 Å². The van der Waals surface area contributed by atoms with Crippen LogP contribution >= 0.6 is 0 Å². The van der Waals surface area contributed by atoms with Gasteiger partial charge in [-0.15, -0.1) is 0 Å². The average Bonchev–Trinajstić information content (AvgIpc) is 1.65. The first-order valence-electron chi connectivity index (χ1n) is 1.91. The molecular weight excluding hydrogens is 197 g/mol. The summed E-state index contributed by atoms with van der Waals surface area (Å²) >= 11 is 1.31. The molecule has 2 radical (unpaired) electrons. The molecular formula is C4H3NOSn. The van der Waals surface area contributed by atoms with Crippen molar-refractivity contribution in [2.75, 3.05) is 0 Å². The molecule has 0 N–H and O–H groups in total. The van der Waals surface area contributed by atoms with Crippen LogP contribution in [0.2, 0.25) is 0 Å². The van der Waals surface area contributed by atoms with E-state index in [1.54, 1.807) is 6.21 Å². The van der Waals surface area contributed by atoms with Gasteiger partial charge in [0.2, 0.25) is 0 Å². The van der Waals surface area contributed by atoms with E-state index in [-0.39, 0.29) is 6.04 Å². The third-order valence-electron chi connectivity index (χ3n) is 0.822. The molecule has 7 heavy (non-hydrogen) atoms. The Morgan fingerprint density at radius 1 is 2.00 bits per heavy atom. The maximum absolute atomic E-state index is 9.88. The predicted molar refractivity (Wildman–Crippen MR) is 29.1 cm³/mol. The second-order valence-corrected chi connectivity index (χ2v) is 2.96. The Kier molecular flexibility index (Phi) is 1.37. The Morgan fingerprint density at radius 2 is 2.71 bits per heavy atom. The molecule has 2 nitrogen and oxygen atoms in total. The number of carbonyl (C=O) groups excluding carboxylic acids is 1. The van der Waals surface area contributed by atoms with Crippen LogP contribution in [0.1, 0.15) is 0 Å². The van der Waals surface area contributed by atoms with E-state index in [0.29, 0.717) is 0 Å². The van der Waals surface area contributed by atoms with E-state index in [1.165, 1.54) is 22.1 Å². The van der Waals surface area contributed by atoms with Gasteiger partial charge in [-0.2, -0.15) is 0 Å². The monoisotopic (exact) mass is 201 g/mol. The fourth-order valence-electron chi connectivity index (χ4n) is 0.344. The summed E-state index contributed by atoms with van der Waals surface area (Å²) in [4.78, 5) is 13.6. The molecule has 3 heteroatoms. The minimum absolute atomic E-state index is 0.0711. The van der Waals surface area contributed by atoms with E-state index in [2.05, 4.69) is 4.99 Å². The van der Waals surface area contributed by atoms with E-state index < -0.39 is 0 Å². The van der Waals surface area contributed by atoms with Crippen LogP contribution < -0.4 is 0 Å². The summed E-state index contributed by atoms with van der Waals surface area (Å²) in [5, 5.41) is 0. The van der Waals surface area contributed by atoms with Gasteiger partial charge in [0.1, 0.15) is 0 Å². The Labute approximate surface area is 54.2 Å². The van der Waals surface area contributed by atoms with Gasteiger partial charge in [0, 0.05) is 0 Å². The zero-order chi connectivity index (χ0) is 5.28. The maximum atomic E-state index is 9.88. The van der Waals surface area contributed by atoms with Crippen LogP contribution in [0, 0.1) is 0 Å².